The molecule has 0 saturated heterocycles. The summed E-state index contributed by atoms with van der Waals surface area (Å²) in [5.74, 6) is 1.42. The molecule has 1 aromatic carbocycles. The lowest BCUT2D eigenvalue weighted by molar-refractivity contribution is -0.141. The Morgan fingerprint density at radius 2 is 1.64 bits per heavy atom. The number of aliphatic hydroxyl groups is 2. The third-order valence-corrected chi connectivity index (χ3v) is 11.2. The molecule has 2 aliphatic carbocycles. The highest BCUT2D eigenvalue weighted by Gasteiger charge is 2.41. The molecule has 1 aromatic rings. The number of nitrogens with one attached hydrogen (secondary N) is 1. The molecule has 0 radical (unpaired) electrons. The molecule has 4 atom stereocenters. The van der Waals surface area contributed by atoms with Gasteiger partial charge in [-0.05, 0) is 57.4 Å². The number of rotatable bonds is 15. The van der Waals surface area contributed by atoms with Crippen LogP contribution in [-0.4, -0.2) is 70.3 Å². The molecule has 0 spiro atoms. The minimum absolute atomic E-state index is 0.0579. The van der Waals surface area contributed by atoms with Crippen molar-refractivity contribution in [3.8, 4) is 12.3 Å². The van der Waals surface area contributed by atoms with E-state index in [1.54, 1.807) is 20.8 Å². The molecule has 3 N–H and O–H groups in total. The van der Waals surface area contributed by atoms with Gasteiger partial charge >= 0.3 is 0 Å². The molecule has 9 heteroatoms. The topological polar surface area (TPSA) is 124 Å². The summed E-state index contributed by atoms with van der Waals surface area (Å²) in [6.07, 6.45) is 11.2. The number of sulfone groups is 1. The van der Waals surface area contributed by atoms with Crippen LogP contribution in [0.15, 0.2) is 30.3 Å². The van der Waals surface area contributed by atoms with Gasteiger partial charge in [-0.2, -0.15) is 0 Å². The first kappa shape index (κ1) is 34.1. The molecule has 0 bridgehead atoms. The van der Waals surface area contributed by atoms with Crippen LogP contribution in [0.5, 0.6) is 0 Å². The van der Waals surface area contributed by atoms with Crippen LogP contribution < -0.4 is 5.32 Å². The third-order valence-electron chi connectivity index (χ3n) is 8.74. The van der Waals surface area contributed by atoms with E-state index in [4.69, 9.17) is 6.42 Å². The number of aliphatic hydroxyl groups excluding tert-OH is 2. The van der Waals surface area contributed by atoms with Crippen molar-refractivity contribution < 1.29 is 28.2 Å². The molecule has 3 rings (SSSR count). The quantitative estimate of drug-likeness (QED) is 0.261. The minimum Gasteiger partial charge on any atom is -0.389 e. The lowest BCUT2D eigenvalue weighted by Gasteiger charge is -2.36. The molecule has 0 aliphatic heterocycles. The predicted molar refractivity (Wildman–Crippen MR) is 165 cm³/mol. The molecule has 2 amide bonds. The maximum absolute atomic E-state index is 14.1. The molecule has 0 heterocycles. The van der Waals surface area contributed by atoms with Gasteiger partial charge in [0.1, 0.15) is 18.0 Å². The smallest absolute Gasteiger partial charge is 0.243 e. The number of nitrogens with zero attached hydrogens (tertiary/aromatic N) is 1. The van der Waals surface area contributed by atoms with Crippen molar-refractivity contribution in [2.75, 3.05) is 5.88 Å². The second kappa shape index (κ2) is 15.4. The highest BCUT2D eigenvalue weighted by Crippen LogP contribution is 2.36. The maximum atomic E-state index is 14.1. The summed E-state index contributed by atoms with van der Waals surface area (Å²) in [5, 5.41) is 24.6. The van der Waals surface area contributed by atoms with E-state index >= 15 is 0 Å². The monoisotopic (exact) mass is 602 g/mol. The second-order valence-corrected chi connectivity index (χ2v) is 15.9. The van der Waals surface area contributed by atoms with Crippen molar-refractivity contribution in [2.24, 2.45) is 11.8 Å². The Labute approximate surface area is 252 Å². The first-order valence-electron chi connectivity index (χ1n) is 15.5. The molecule has 2 aliphatic rings. The molecule has 234 valence electrons. The summed E-state index contributed by atoms with van der Waals surface area (Å²) < 4.78 is 25.7. The Kier molecular flexibility index (Phi) is 12.5. The first-order chi connectivity index (χ1) is 19.8. The number of hydrogen-bond donors (Lipinski definition) is 3. The van der Waals surface area contributed by atoms with Crippen LogP contribution in [-0.2, 0) is 25.8 Å². The fraction of sp³-hybridized carbons (Fsp3) is 0.697. The van der Waals surface area contributed by atoms with Crippen molar-refractivity contribution in [3.63, 3.8) is 0 Å². The van der Waals surface area contributed by atoms with E-state index in [1.807, 2.05) is 30.3 Å². The average molecular weight is 603 g/mol. The molecule has 2 fully saturated rings. The summed E-state index contributed by atoms with van der Waals surface area (Å²) in [4.78, 5) is 29.1. The van der Waals surface area contributed by atoms with Crippen molar-refractivity contribution in [1.29, 1.82) is 0 Å². The summed E-state index contributed by atoms with van der Waals surface area (Å²) in [6.45, 7) is 4.77. The van der Waals surface area contributed by atoms with Crippen molar-refractivity contribution in [3.05, 3.63) is 35.9 Å². The van der Waals surface area contributed by atoms with Gasteiger partial charge < -0.3 is 20.4 Å². The van der Waals surface area contributed by atoms with Gasteiger partial charge in [-0.1, -0.05) is 75.3 Å². The predicted octanol–water partition coefficient (Wildman–Crippen LogP) is 3.99. The number of hydrogen-bond acceptors (Lipinski definition) is 6. The average Bonchev–Trinajstić information content (AvgIpc) is 3.77. The van der Waals surface area contributed by atoms with Crippen LogP contribution in [0.3, 0.4) is 0 Å². The number of benzene rings is 1. The van der Waals surface area contributed by atoms with Gasteiger partial charge in [-0.15, -0.1) is 12.3 Å². The van der Waals surface area contributed by atoms with Crippen molar-refractivity contribution in [2.45, 2.75) is 127 Å². The summed E-state index contributed by atoms with van der Waals surface area (Å²) in [7, 11) is -3.79. The van der Waals surface area contributed by atoms with Gasteiger partial charge in [-0.25, -0.2) is 8.42 Å². The SMILES string of the molecule is C#CC[C@H](O)[C@H](O)[C@@H](CC1CCCCC1)NC(=O)[C@@H](CC1CC1)N(CS(=O)(=O)C(C)(C)C)C(=O)CCc1ccccc1. The van der Waals surface area contributed by atoms with E-state index in [2.05, 4.69) is 11.2 Å². The van der Waals surface area contributed by atoms with Crippen LogP contribution in [0.4, 0.5) is 0 Å². The zero-order valence-electron chi connectivity index (χ0n) is 25.5. The van der Waals surface area contributed by atoms with Gasteiger partial charge in [-0.3, -0.25) is 9.59 Å². The van der Waals surface area contributed by atoms with Gasteiger partial charge in [0, 0.05) is 12.8 Å². The standard InChI is InChI=1S/C33H50N2O6S/c1-5-12-29(36)31(38)27(21-25-15-10-7-11-16-25)34-32(39)28(22-26-17-18-26)35(23-42(40,41)33(2,3)4)30(37)20-19-24-13-8-6-9-14-24/h1,6,8-9,13-14,25-29,31,36,38H,7,10-12,15-23H2,2-4H3,(H,34,39)/t27-,28-,29+,31-/m1/s1. The van der Waals surface area contributed by atoms with E-state index in [1.165, 1.54) is 4.90 Å². The van der Waals surface area contributed by atoms with Gasteiger partial charge in [0.2, 0.25) is 11.8 Å². The molecular weight excluding hydrogens is 552 g/mol. The van der Waals surface area contributed by atoms with Crippen LogP contribution >= 0.6 is 0 Å². The van der Waals surface area contributed by atoms with E-state index in [0.717, 1.165) is 50.5 Å². The summed E-state index contributed by atoms with van der Waals surface area (Å²) in [5.41, 5.74) is 0.950. The van der Waals surface area contributed by atoms with Gasteiger partial charge in [0.15, 0.2) is 9.84 Å². The van der Waals surface area contributed by atoms with Crippen LogP contribution in [0, 0.1) is 24.2 Å². The number of carbonyl (C=O) groups is 2. The van der Waals surface area contributed by atoms with Crippen molar-refractivity contribution >= 4 is 21.7 Å². The Morgan fingerprint density at radius 1 is 1.02 bits per heavy atom. The third kappa shape index (κ3) is 10.1. The van der Waals surface area contributed by atoms with Gasteiger partial charge in [0.25, 0.3) is 0 Å². The number of terminal acetylenes is 1. The zero-order valence-corrected chi connectivity index (χ0v) is 26.3. The van der Waals surface area contributed by atoms with Gasteiger partial charge in [0.05, 0.1) is 16.9 Å². The number of carbonyl (C=O) groups excluding carboxylic acids is 2. The summed E-state index contributed by atoms with van der Waals surface area (Å²) in [6, 6.07) is 7.71. The molecule has 2 saturated carbocycles. The highest BCUT2D eigenvalue weighted by atomic mass is 32.2. The van der Waals surface area contributed by atoms with Crippen molar-refractivity contribution in [1.82, 2.24) is 10.2 Å². The zero-order chi connectivity index (χ0) is 30.9. The van der Waals surface area contributed by atoms with Crippen LogP contribution in [0.25, 0.3) is 0 Å². The fourth-order valence-electron chi connectivity index (χ4n) is 5.65. The highest BCUT2D eigenvalue weighted by molar-refractivity contribution is 7.92. The molecule has 0 aromatic heterocycles. The Hall–Kier alpha value is -2.41. The number of aryl methyl sites for hydroxylation is 1. The second-order valence-electron chi connectivity index (χ2n) is 13.2. The Morgan fingerprint density at radius 3 is 2.21 bits per heavy atom. The first-order valence-corrected chi connectivity index (χ1v) is 17.1. The van der Waals surface area contributed by atoms with Crippen LogP contribution in [0.2, 0.25) is 0 Å². The minimum atomic E-state index is -3.79. The lowest BCUT2D eigenvalue weighted by Crippen LogP contribution is -2.57. The van der Waals surface area contributed by atoms with E-state index in [-0.39, 0.29) is 24.7 Å². The fourth-order valence-corrected chi connectivity index (χ4v) is 6.73. The Balaban J connectivity index is 1.89. The summed E-state index contributed by atoms with van der Waals surface area (Å²) >= 11 is 0. The maximum Gasteiger partial charge on any atom is 0.243 e. The largest absolute Gasteiger partial charge is 0.389 e. The number of amides is 2. The normalized spacial score (nSPS) is 19.2. The van der Waals surface area contributed by atoms with E-state index in [0.29, 0.717) is 19.3 Å². The molecule has 0 unspecified atom stereocenters. The van der Waals surface area contributed by atoms with Crippen LogP contribution in [0.1, 0.15) is 97.0 Å². The molecular formula is C33H50N2O6S. The lowest BCUT2D eigenvalue weighted by atomic mass is 9.82. The Bertz CT molecular complexity index is 1160. The van der Waals surface area contributed by atoms with E-state index < -0.39 is 56.6 Å². The molecule has 42 heavy (non-hydrogen) atoms. The molecule has 8 nitrogen and oxygen atoms in total. The van der Waals surface area contributed by atoms with E-state index in [9.17, 15) is 28.2 Å².